The summed E-state index contributed by atoms with van der Waals surface area (Å²) in [4.78, 5) is 18.4. The molecular formula is C17H21N3O. The van der Waals surface area contributed by atoms with Gasteiger partial charge < -0.3 is 10.2 Å². The summed E-state index contributed by atoms with van der Waals surface area (Å²) >= 11 is 0. The molecule has 0 saturated heterocycles. The fourth-order valence-corrected chi connectivity index (χ4v) is 3.16. The van der Waals surface area contributed by atoms with Gasteiger partial charge >= 0.3 is 0 Å². The maximum Gasteiger partial charge on any atom is 0.291 e. The SMILES string of the molecule is CC.CC1C=CC=C2C(=C1)CC1=C2NC(=O)C2=NCCN21. The van der Waals surface area contributed by atoms with Crippen molar-refractivity contribution in [2.45, 2.75) is 27.2 Å². The summed E-state index contributed by atoms with van der Waals surface area (Å²) in [5, 5.41) is 3.02. The van der Waals surface area contributed by atoms with E-state index in [1.807, 2.05) is 13.8 Å². The van der Waals surface area contributed by atoms with Crippen molar-refractivity contribution in [2.75, 3.05) is 13.1 Å². The molecule has 0 aromatic carbocycles. The van der Waals surface area contributed by atoms with Crippen LogP contribution in [0.2, 0.25) is 0 Å². The van der Waals surface area contributed by atoms with E-state index in [9.17, 15) is 4.79 Å². The van der Waals surface area contributed by atoms with Crippen LogP contribution in [0.1, 0.15) is 27.2 Å². The van der Waals surface area contributed by atoms with Crippen molar-refractivity contribution in [3.63, 3.8) is 0 Å². The van der Waals surface area contributed by atoms with E-state index < -0.39 is 0 Å². The molecule has 1 N–H and O–H groups in total. The lowest BCUT2D eigenvalue weighted by Gasteiger charge is -2.27. The smallest absolute Gasteiger partial charge is 0.291 e. The van der Waals surface area contributed by atoms with E-state index in [2.05, 4.69) is 46.4 Å². The highest BCUT2D eigenvalue weighted by Gasteiger charge is 2.39. The Bertz CT molecular complexity index is 634. The number of fused-ring (bicyclic) bond motifs is 4. The summed E-state index contributed by atoms with van der Waals surface area (Å²) in [6.07, 6.45) is 9.54. The van der Waals surface area contributed by atoms with Crippen LogP contribution in [0.25, 0.3) is 0 Å². The second kappa shape index (κ2) is 5.35. The van der Waals surface area contributed by atoms with Crippen LogP contribution in [-0.2, 0) is 4.79 Å². The lowest BCUT2D eigenvalue weighted by Crippen LogP contribution is -2.45. The summed E-state index contributed by atoms with van der Waals surface area (Å²) < 4.78 is 0. The fourth-order valence-electron chi connectivity index (χ4n) is 3.16. The van der Waals surface area contributed by atoms with Crippen molar-refractivity contribution in [1.82, 2.24) is 10.2 Å². The van der Waals surface area contributed by atoms with Crippen LogP contribution in [-0.4, -0.2) is 29.7 Å². The van der Waals surface area contributed by atoms with Gasteiger partial charge in [-0.3, -0.25) is 9.79 Å². The first-order valence-electron chi connectivity index (χ1n) is 7.70. The number of carbonyl (C=O) groups excluding carboxylic acids is 1. The van der Waals surface area contributed by atoms with E-state index in [0.717, 1.165) is 24.2 Å². The number of nitrogens with one attached hydrogen (secondary N) is 1. The molecule has 4 rings (SSSR count). The molecule has 2 aliphatic carbocycles. The van der Waals surface area contributed by atoms with Crippen LogP contribution < -0.4 is 5.32 Å². The van der Waals surface area contributed by atoms with Crippen molar-refractivity contribution in [1.29, 1.82) is 0 Å². The lowest BCUT2D eigenvalue weighted by atomic mass is 10.0. The highest BCUT2D eigenvalue weighted by atomic mass is 16.2. The van der Waals surface area contributed by atoms with Gasteiger partial charge in [0.1, 0.15) is 0 Å². The Morgan fingerprint density at radius 3 is 3.00 bits per heavy atom. The van der Waals surface area contributed by atoms with Crippen LogP contribution in [0.3, 0.4) is 0 Å². The third-order valence-corrected chi connectivity index (χ3v) is 4.01. The molecule has 21 heavy (non-hydrogen) atoms. The van der Waals surface area contributed by atoms with Gasteiger partial charge in [-0.25, -0.2) is 0 Å². The zero-order valence-corrected chi connectivity index (χ0v) is 12.8. The molecule has 2 heterocycles. The van der Waals surface area contributed by atoms with Gasteiger partial charge in [0.2, 0.25) is 0 Å². The molecule has 1 unspecified atom stereocenters. The van der Waals surface area contributed by atoms with Gasteiger partial charge in [-0.1, -0.05) is 45.1 Å². The number of amidine groups is 1. The first-order chi connectivity index (χ1) is 10.2. The van der Waals surface area contributed by atoms with E-state index >= 15 is 0 Å². The minimum absolute atomic E-state index is 0.0697. The van der Waals surface area contributed by atoms with Crippen LogP contribution >= 0.6 is 0 Å². The van der Waals surface area contributed by atoms with Gasteiger partial charge in [-0.05, 0) is 11.5 Å². The Labute approximate surface area is 125 Å². The molecule has 0 aromatic rings. The quantitative estimate of drug-likeness (QED) is 0.742. The molecule has 1 amide bonds. The number of nitrogens with zero attached hydrogens (tertiary/aromatic N) is 2. The van der Waals surface area contributed by atoms with E-state index in [1.54, 1.807) is 0 Å². The molecular weight excluding hydrogens is 262 g/mol. The fraction of sp³-hybridized carbons (Fsp3) is 0.412. The number of aliphatic imine (C=N–C) groups is 1. The second-order valence-corrected chi connectivity index (χ2v) is 5.33. The Balaban J connectivity index is 0.000000636. The highest BCUT2D eigenvalue weighted by Crippen LogP contribution is 2.40. The van der Waals surface area contributed by atoms with Gasteiger partial charge in [0.05, 0.1) is 12.2 Å². The molecule has 0 saturated carbocycles. The monoisotopic (exact) mass is 283 g/mol. The van der Waals surface area contributed by atoms with Gasteiger partial charge in [0, 0.05) is 24.2 Å². The standard InChI is InChI=1S/C15H15N3O.C2H6/c1-9-3-2-4-11-10(7-9)8-12-13(11)17-15(19)14-16-5-6-18(12)14;1-2/h2-4,7,9H,5-6,8H2,1H3,(H,17,19);1-2H3. The van der Waals surface area contributed by atoms with Crippen molar-refractivity contribution in [3.8, 4) is 0 Å². The molecule has 4 heteroatoms. The molecule has 110 valence electrons. The van der Waals surface area contributed by atoms with Crippen LogP contribution in [0.5, 0.6) is 0 Å². The average molecular weight is 283 g/mol. The maximum atomic E-state index is 12.1. The first kappa shape index (κ1) is 13.9. The summed E-state index contributed by atoms with van der Waals surface area (Å²) in [6.45, 7) is 7.72. The first-order valence-corrected chi connectivity index (χ1v) is 7.70. The van der Waals surface area contributed by atoms with Crippen molar-refractivity contribution >= 4 is 11.7 Å². The Morgan fingerprint density at radius 1 is 1.38 bits per heavy atom. The van der Waals surface area contributed by atoms with E-state index in [4.69, 9.17) is 0 Å². The Kier molecular flexibility index (Phi) is 3.53. The molecule has 2 aliphatic heterocycles. The van der Waals surface area contributed by atoms with E-state index in [-0.39, 0.29) is 5.91 Å². The maximum absolute atomic E-state index is 12.1. The molecule has 0 aromatic heterocycles. The predicted octanol–water partition coefficient (Wildman–Crippen LogP) is 2.53. The van der Waals surface area contributed by atoms with Gasteiger partial charge in [-0.15, -0.1) is 0 Å². The Morgan fingerprint density at radius 2 is 2.19 bits per heavy atom. The summed E-state index contributed by atoms with van der Waals surface area (Å²) in [5.74, 6) is 0.951. The molecule has 0 fully saturated rings. The predicted molar refractivity (Wildman–Crippen MR) is 84.6 cm³/mol. The Hall–Kier alpha value is -2.10. The third-order valence-electron chi connectivity index (χ3n) is 4.01. The second-order valence-electron chi connectivity index (χ2n) is 5.33. The zero-order chi connectivity index (χ0) is 15.0. The van der Waals surface area contributed by atoms with E-state index in [1.165, 1.54) is 11.3 Å². The van der Waals surface area contributed by atoms with Crippen molar-refractivity contribution < 1.29 is 4.79 Å². The lowest BCUT2D eigenvalue weighted by molar-refractivity contribution is -0.115. The van der Waals surface area contributed by atoms with Crippen LogP contribution in [0, 0.1) is 5.92 Å². The highest BCUT2D eigenvalue weighted by molar-refractivity contribution is 6.39. The number of carbonyl (C=O) groups is 1. The van der Waals surface area contributed by atoms with Crippen LogP contribution in [0.15, 0.2) is 51.8 Å². The minimum atomic E-state index is -0.0697. The van der Waals surface area contributed by atoms with Gasteiger partial charge in [-0.2, -0.15) is 0 Å². The molecule has 4 aliphatic rings. The van der Waals surface area contributed by atoms with Gasteiger partial charge in [0.25, 0.3) is 5.91 Å². The van der Waals surface area contributed by atoms with Crippen LogP contribution in [0.4, 0.5) is 0 Å². The number of hydrogen-bond donors (Lipinski definition) is 1. The normalized spacial score (nSPS) is 25.7. The molecule has 0 spiro atoms. The minimum Gasteiger partial charge on any atom is -0.322 e. The number of hydrogen-bond acceptors (Lipinski definition) is 3. The van der Waals surface area contributed by atoms with Crippen molar-refractivity contribution in [2.24, 2.45) is 10.9 Å². The molecule has 4 nitrogen and oxygen atoms in total. The molecule has 1 atom stereocenters. The van der Waals surface area contributed by atoms with E-state index in [0.29, 0.717) is 18.3 Å². The largest absolute Gasteiger partial charge is 0.322 e. The van der Waals surface area contributed by atoms with Gasteiger partial charge in [0.15, 0.2) is 5.84 Å². The topological polar surface area (TPSA) is 44.7 Å². The zero-order valence-electron chi connectivity index (χ0n) is 12.8. The summed E-state index contributed by atoms with van der Waals surface area (Å²) in [6, 6.07) is 0. The average Bonchev–Trinajstić information content (AvgIpc) is 3.04. The number of allylic oxidation sites excluding steroid dienone is 6. The van der Waals surface area contributed by atoms with Crippen molar-refractivity contribution in [3.05, 3.63) is 46.8 Å². The summed E-state index contributed by atoms with van der Waals surface area (Å²) in [5.41, 5.74) is 4.66. The number of amides is 1. The molecule has 0 radical (unpaired) electrons. The molecule has 0 bridgehead atoms. The summed E-state index contributed by atoms with van der Waals surface area (Å²) in [7, 11) is 0. The number of rotatable bonds is 0. The third kappa shape index (κ3) is 2.15.